The highest BCUT2D eigenvalue weighted by Crippen LogP contribution is 2.23. The molecule has 0 radical (unpaired) electrons. The van der Waals surface area contributed by atoms with Crippen LogP contribution in [0.1, 0.15) is 58.3 Å². The number of unbranched alkanes of at least 4 members (excludes halogenated alkanes) is 7. The predicted molar refractivity (Wildman–Crippen MR) is 87.0 cm³/mol. The second-order valence-corrected chi connectivity index (χ2v) is 5.55. The molecule has 0 atom stereocenters. The van der Waals surface area contributed by atoms with Gasteiger partial charge in [0.1, 0.15) is 5.15 Å². The van der Waals surface area contributed by atoms with E-state index in [1.54, 1.807) is 0 Å². The Morgan fingerprint density at radius 3 is 2.38 bits per heavy atom. The van der Waals surface area contributed by atoms with E-state index in [0.717, 1.165) is 12.8 Å². The van der Waals surface area contributed by atoms with Gasteiger partial charge in [-0.05, 0) is 12.5 Å². The predicted octanol–water partition coefficient (Wildman–Crippen LogP) is 5.20. The molecule has 1 heterocycles. The molecule has 1 N–H and O–H groups in total. The third-order valence-electron chi connectivity index (χ3n) is 3.36. The topological polar surface area (TPSA) is 68.1 Å². The van der Waals surface area contributed by atoms with Crippen molar-refractivity contribution in [1.82, 2.24) is 4.98 Å². The maximum Gasteiger partial charge on any atom is 0.311 e. The van der Waals surface area contributed by atoms with Crippen LogP contribution in [0.5, 0.6) is 0 Å². The summed E-state index contributed by atoms with van der Waals surface area (Å²) in [6, 6.07) is 2.81. The van der Waals surface area contributed by atoms with Crippen LogP contribution < -0.4 is 5.32 Å². The molecule has 0 spiro atoms. The van der Waals surface area contributed by atoms with Crippen molar-refractivity contribution in [3.63, 3.8) is 0 Å². The molecule has 0 aliphatic heterocycles. The monoisotopic (exact) mass is 313 g/mol. The van der Waals surface area contributed by atoms with Crippen LogP contribution in [0.15, 0.2) is 12.1 Å². The lowest BCUT2D eigenvalue weighted by Gasteiger charge is -2.06. The maximum absolute atomic E-state index is 10.9. The van der Waals surface area contributed by atoms with Crippen LogP contribution >= 0.6 is 11.6 Å². The molecule has 0 bridgehead atoms. The highest BCUT2D eigenvalue weighted by Gasteiger charge is 2.14. The summed E-state index contributed by atoms with van der Waals surface area (Å²) in [6.45, 7) is 2.90. The molecular weight excluding hydrogens is 290 g/mol. The first kappa shape index (κ1) is 17.7. The van der Waals surface area contributed by atoms with Gasteiger partial charge < -0.3 is 5.32 Å². The second kappa shape index (κ2) is 10.4. The molecule has 0 aliphatic carbocycles. The lowest BCUT2D eigenvalue weighted by atomic mass is 10.1. The molecule has 0 saturated carbocycles. The van der Waals surface area contributed by atoms with Crippen LogP contribution in [0.2, 0.25) is 5.15 Å². The molecule has 118 valence electrons. The summed E-state index contributed by atoms with van der Waals surface area (Å²) in [6.07, 6.45) is 9.84. The molecule has 5 nitrogen and oxygen atoms in total. The van der Waals surface area contributed by atoms with Crippen LogP contribution in [0.25, 0.3) is 0 Å². The molecule has 0 unspecified atom stereocenters. The van der Waals surface area contributed by atoms with Crippen molar-refractivity contribution in [3.8, 4) is 0 Å². The minimum atomic E-state index is -0.445. The third-order valence-corrected chi connectivity index (χ3v) is 3.57. The molecule has 0 aromatic carbocycles. The Morgan fingerprint density at radius 1 is 1.14 bits per heavy atom. The average Bonchev–Trinajstić information content (AvgIpc) is 2.45. The highest BCUT2D eigenvalue weighted by atomic mass is 35.5. The van der Waals surface area contributed by atoms with Gasteiger partial charge >= 0.3 is 5.69 Å². The lowest BCUT2D eigenvalue weighted by Crippen LogP contribution is -2.06. The van der Waals surface area contributed by atoms with Gasteiger partial charge in [0.2, 0.25) is 5.82 Å². The number of pyridine rings is 1. The van der Waals surface area contributed by atoms with Crippen molar-refractivity contribution in [2.75, 3.05) is 11.9 Å². The number of rotatable bonds is 11. The fourth-order valence-corrected chi connectivity index (χ4v) is 2.32. The first-order chi connectivity index (χ1) is 10.1. The molecule has 1 aromatic rings. The highest BCUT2D eigenvalue weighted by molar-refractivity contribution is 6.29. The van der Waals surface area contributed by atoms with Gasteiger partial charge in [0, 0.05) is 12.6 Å². The van der Waals surface area contributed by atoms with Crippen LogP contribution in [0.3, 0.4) is 0 Å². The van der Waals surface area contributed by atoms with Crippen molar-refractivity contribution in [3.05, 3.63) is 27.4 Å². The van der Waals surface area contributed by atoms with E-state index in [2.05, 4.69) is 17.2 Å². The molecule has 0 amide bonds. The van der Waals surface area contributed by atoms with Crippen LogP contribution in [-0.2, 0) is 0 Å². The van der Waals surface area contributed by atoms with Crippen LogP contribution in [0.4, 0.5) is 11.5 Å². The Labute approximate surface area is 131 Å². The van der Waals surface area contributed by atoms with Gasteiger partial charge in [0.05, 0.1) is 4.92 Å². The standard InChI is InChI=1S/C15H24ClN3O2/c1-2-3-4-5-6-7-8-9-12-17-15-13(19(20)21)10-11-14(16)18-15/h10-11H,2-9,12H2,1H3,(H,17,18). The van der Waals surface area contributed by atoms with Crippen molar-refractivity contribution in [2.45, 2.75) is 58.3 Å². The van der Waals surface area contributed by atoms with E-state index in [4.69, 9.17) is 11.6 Å². The van der Waals surface area contributed by atoms with Crippen LogP contribution in [-0.4, -0.2) is 16.5 Å². The fourth-order valence-electron chi connectivity index (χ4n) is 2.17. The Morgan fingerprint density at radius 2 is 1.76 bits per heavy atom. The Hall–Kier alpha value is -1.36. The number of anilines is 1. The average molecular weight is 314 g/mol. The number of halogens is 1. The fraction of sp³-hybridized carbons (Fsp3) is 0.667. The summed E-state index contributed by atoms with van der Waals surface area (Å²) < 4.78 is 0. The van der Waals surface area contributed by atoms with E-state index in [9.17, 15) is 10.1 Å². The summed E-state index contributed by atoms with van der Waals surface area (Å²) in [5, 5.41) is 14.1. The van der Waals surface area contributed by atoms with Gasteiger partial charge in [0.15, 0.2) is 0 Å². The molecule has 1 aromatic heterocycles. The second-order valence-electron chi connectivity index (χ2n) is 5.16. The van der Waals surface area contributed by atoms with E-state index in [0.29, 0.717) is 6.54 Å². The molecular formula is C15H24ClN3O2. The summed E-state index contributed by atoms with van der Waals surface area (Å²) in [4.78, 5) is 14.4. The number of nitrogens with zero attached hydrogens (tertiary/aromatic N) is 2. The van der Waals surface area contributed by atoms with Crippen LogP contribution in [0, 0.1) is 10.1 Å². The Bertz CT molecular complexity index is 441. The zero-order valence-corrected chi connectivity index (χ0v) is 13.4. The minimum absolute atomic E-state index is 0.0287. The molecule has 6 heteroatoms. The van der Waals surface area contributed by atoms with E-state index in [1.807, 2.05) is 0 Å². The smallest absolute Gasteiger partial charge is 0.311 e. The molecule has 21 heavy (non-hydrogen) atoms. The van der Waals surface area contributed by atoms with Gasteiger partial charge in [-0.15, -0.1) is 0 Å². The Kier molecular flexibility index (Phi) is 8.74. The van der Waals surface area contributed by atoms with E-state index < -0.39 is 4.92 Å². The lowest BCUT2D eigenvalue weighted by molar-refractivity contribution is -0.384. The molecule has 0 saturated heterocycles. The van der Waals surface area contributed by atoms with Crippen molar-refractivity contribution in [1.29, 1.82) is 0 Å². The van der Waals surface area contributed by atoms with Gasteiger partial charge in [-0.2, -0.15) is 0 Å². The summed E-state index contributed by atoms with van der Waals surface area (Å²) in [5.41, 5.74) is -0.0287. The first-order valence-corrected chi connectivity index (χ1v) is 8.07. The van der Waals surface area contributed by atoms with Gasteiger partial charge in [-0.1, -0.05) is 63.5 Å². The number of nitro groups is 1. The third kappa shape index (κ3) is 7.27. The maximum atomic E-state index is 10.9. The normalized spacial score (nSPS) is 10.6. The first-order valence-electron chi connectivity index (χ1n) is 7.70. The van der Waals surface area contributed by atoms with E-state index in [-0.39, 0.29) is 16.7 Å². The Balaban J connectivity index is 2.21. The number of nitrogens with one attached hydrogen (secondary N) is 1. The van der Waals surface area contributed by atoms with E-state index >= 15 is 0 Å². The quantitative estimate of drug-likeness (QED) is 0.264. The van der Waals surface area contributed by atoms with Crippen molar-refractivity contribution >= 4 is 23.1 Å². The van der Waals surface area contributed by atoms with Gasteiger partial charge in [-0.3, -0.25) is 10.1 Å². The van der Waals surface area contributed by atoms with Crippen molar-refractivity contribution < 1.29 is 4.92 Å². The minimum Gasteiger partial charge on any atom is -0.364 e. The number of hydrogen-bond donors (Lipinski definition) is 1. The van der Waals surface area contributed by atoms with Gasteiger partial charge in [-0.25, -0.2) is 4.98 Å². The van der Waals surface area contributed by atoms with E-state index in [1.165, 1.54) is 50.7 Å². The van der Waals surface area contributed by atoms with Crippen molar-refractivity contribution in [2.24, 2.45) is 0 Å². The summed E-state index contributed by atoms with van der Waals surface area (Å²) >= 11 is 5.77. The SMILES string of the molecule is CCCCCCCCCCNc1nc(Cl)ccc1[N+](=O)[O-]. The largest absolute Gasteiger partial charge is 0.364 e. The molecule has 0 fully saturated rings. The number of hydrogen-bond acceptors (Lipinski definition) is 4. The summed E-state index contributed by atoms with van der Waals surface area (Å²) in [7, 11) is 0. The van der Waals surface area contributed by atoms with Gasteiger partial charge in [0.25, 0.3) is 0 Å². The number of aromatic nitrogens is 1. The molecule has 0 aliphatic rings. The summed E-state index contributed by atoms with van der Waals surface area (Å²) in [5.74, 6) is 0.260. The zero-order chi connectivity index (χ0) is 15.5. The zero-order valence-electron chi connectivity index (χ0n) is 12.6. The molecule has 1 rings (SSSR count).